The summed E-state index contributed by atoms with van der Waals surface area (Å²) in [6, 6.07) is 0. The molecule has 6 atom stereocenters. The average Bonchev–Trinajstić information content (AvgIpc) is 2.89. The van der Waals surface area contributed by atoms with Gasteiger partial charge in [-0.3, -0.25) is 0 Å². The van der Waals surface area contributed by atoms with E-state index >= 15 is 0 Å². The van der Waals surface area contributed by atoms with E-state index in [4.69, 9.17) is 4.74 Å². The lowest BCUT2D eigenvalue weighted by molar-refractivity contribution is -0.0921. The van der Waals surface area contributed by atoms with Gasteiger partial charge in [-0.25, -0.2) is 0 Å². The van der Waals surface area contributed by atoms with Crippen LogP contribution in [0.3, 0.4) is 0 Å². The number of allylic oxidation sites excluding steroid dienone is 1. The van der Waals surface area contributed by atoms with E-state index in [1.807, 2.05) is 0 Å². The summed E-state index contributed by atoms with van der Waals surface area (Å²) >= 11 is 0. The Morgan fingerprint density at radius 3 is 2.77 bits per heavy atom. The molecule has 0 aromatic heterocycles. The quantitative estimate of drug-likeness (QED) is 0.731. The summed E-state index contributed by atoms with van der Waals surface area (Å²) in [5, 5.41) is 10.0. The molecular weight excluding hydrogens is 272 g/mol. The van der Waals surface area contributed by atoms with Crippen molar-refractivity contribution in [2.75, 3.05) is 13.2 Å². The van der Waals surface area contributed by atoms with Gasteiger partial charge in [-0.2, -0.15) is 0 Å². The van der Waals surface area contributed by atoms with Crippen LogP contribution in [0.2, 0.25) is 0 Å². The monoisotopic (exact) mass is 304 g/mol. The first-order chi connectivity index (χ1) is 10.4. The van der Waals surface area contributed by atoms with E-state index in [2.05, 4.69) is 26.8 Å². The fraction of sp³-hybridized carbons (Fsp3) is 0.900. The van der Waals surface area contributed by atoms with Crippen LogP contribution in [0.1, 0.15) is 65.7 Å². The minimum atomic E-state index is 0.117. The Labute approximate surface area is 135 Å². The Kier molecular flexibility index (Phi) is 3.34. The normalized spacial score (nSPS) is 54.2. The molecule has 2 heteroatoms. The van der Waals surface area contributed by atoms with Gasteiger partial charge in [0.05, 0.1) is 6.10 Å². The second-order valence-electron chi connectivity index (χ2n) is 9.41. The first kappa shape index (κ1) is 15.2. The Bertz CT molecular complexity index is 498. The van der Waals surface area contributed by atoms with Crippen LogP contribution in [0, 0.1) is 28.1 Å². The van der Waals surface area contributed by atoms with Crippen LogP contribution in [0.4, 0.5) is 0 Å². The summed E-state index contributed by atoms with van der Waals surface area (Å²) in [5.41, 5.74) is 2.51. The zero-order valence-electron chi connectivity index (χ0n) is 14.5. The van der Waals surface area contributed by atoms with Gasteiger partial charge in [0, 0.05) is 13.2 Å². The number of ether oxygens (including phenoxy) is 1. The molecule has 0 unspecified atom stereocenters. The fourth-order valence-electron chi connectivity index (χ4n) is 6.71. The van der Waals surface area contributed by atoms with Crippen molar-refractivity contribution in [1.29, 1.82) is 0 Å². The highest BCUT2D eigenvalue weighted by atomic mass is 16.5. The third-order valence-electron chi connectivity index (χ3n) is 8.15. The van der Waals surface area contributed by atoms with E-state index in [0.29, 0.717) is 35.4 Å². The van der Waals surface area contributed by atoms with E-state index < -0.39 is 0 Å². The van der Waals surface area contributed by atoms with Gasteiger partial charge in [-0.1, -0.05) is 33.3 Å². The summed E-state index contributed by atoms with van der Waals surface area (Å²) < 4.78 is 6.21. The number of fused-ring (bicyclic) bond motifs is 5. The summed E-state index contributed by atoms with van der Waals surface area (Å²) in [6.07, 6.45) is 11.7. The predicted molar refractivity (Wildman–Crippen MR) is 88.5 cm³/mol. The molecular formula is C20H32O2. The maximum absolute atomic E-state index is 10.0. The molecule has 22 heavy (non-hydrogen) atoms. The van der Waals surface area contributed by atoms with E-state index in [0.717, 1.165) is 13.0 Å². The molecule has 0 radical (unpaired) electrons. The molecule has 0 amide bonds. The maximum atomic E-state index is 10.0. The molecule has 1 saturated heterocycles. The maximum Gasteiger partial charge on any atom is 0.0842 e. The van der Waals surface area contributed by atoms with Crippen molar-refractivity contribution in [3.05, 3.63) is 11.6 Å². The van der Waals surface area contributed by atoms with Gasteiger partial charge < -0.3 is 9.84 Å². The van der Waals surface area contributed by atoms with Crippen molar-refractivity contribution in [3.63, 3.8) is 0 Å². The minimum absolute atomic E-state index is 0.117. The summed E-state index contributed by atoms with van der Waals surface area (Å²) in [4.78, 5) is 0. The van der Waals surface area contributed by atoms with E-state index in [9.17, 15) is 5.11 Å². The Balaban J connectivity index is 1.73. The van der Waals surface area contributed by atoms with Crippen LogP contribution in [-0.2, 0) is 4.74 Å². The third-order valence-corrected chi connectivity index (χ3v) is 8.15. The molecule has 3 fully saturated rings. The van der Waals surface area contributed by atoms with E-state index in [1.54, 1.807) is 5.57 Å². The number of aliphatic hydroxyl groups is 1. The lowest BCUT2D eigenvalue weighted by atomic mass is 9.45. The predicted octanol–water partition coefficient (Wildman–Crippen LogP) is 4.33. The molecule has 1 aliphatic heterocycles. The molecule has 2 saturated carbocycles. The molecule has 0 aromatic carbocycles. The molecule has 0 bridgehead atoms. The highest BCUT2D eigenvalue weighted by molar-refractivity contribution is 5.28. The lowest BCUT2D eigenvalue weighted by Crippen LogP contribution is -2.54. The number of hydrogen-bond donors (Lipinski definition) is 1. The highest BCUT2D eigenvalue weighted by Crippen LogP contribution is 2.64. The standard InChI is InChI=1S/C20H32O2/c1-18-10-7-15-14(17(18)22-12-11-18)5-6-16-19(2,13-21)8-4-9-20(15,16)3/h5,15-17,21H,4,6-13H2,1-3H3/t15-,16-,17+,18+,19-,20+/m0/s1. The molecule has 0 spiro atoms. The van der Waals surface area contributed by atoms with Crippen molar-refractivity contribution >= 4 is 0 Å². The lowest BCUT2D eigenvalue weighted by Gasteiger charge is -2.60. The second-order valence-corrected chi connectivity index (χ2v) is 9.41. The first-order valence-corrected chi connectivity index (χ1v) is 9.35. The Morgan fingerprint density at radius 1 is 1.18 bits per heavy atom. The molecule has 4 rings (SSSR count). The number of hydrogen-bond acceptors (Lipinski definition) is 2. The largest absolute Gasteiger partial charge is 0.396 e. The van der Waals surface area contributed by atoms with Crippen molar-refractivity contribution in [2.45, 2.75) is 71.8 Å². The third kappa shape index (κ3) is 1.86. The van der Waals surface area contributed by atoms with Crippen LogP contribution in [0.15, 0.2) is 11.6 Å². The van der Waals surface area contributed by atoms with Gasteiger partial charge in [-0.05, 0) is 72.2 Å². The minimum Gasteiger partial charge on any atom is -0.396 e. The number of rotatable bonds is 1. The van der Waals surface area contributed by atoms with Gasteiger partial charge in [0.15, 0.2) is 0 Å². The molecule has 1 N–H and O–H groups in total. The highest BCUT2D eigenvalue weighted by Gasteiger charge is 2.58. The van der Waals surface area contributed by atoms with Gasteiger partial charge in [0.25, 0.3) is 0 Å². The summed E-state index contributed by atoms with van der Waals surface area (Å²) in [6.45, 7) is 8.59. The topological polar surface area (TPSA) is 29.5 Å². The smallest absolute Gasteiger partial charge is 0.0842 e. The van der Waals surface area contributed by atoms with Gasteiger partial charge in [0.2, 0.25) is 0 Å². The number of aliphatic hydroxyl groups excluding tert-OH is 1. The molecule has 0 aromatic rings. The van der Waals surface area contributed by atoms with Crippen LogP contribution in [0.5, 0.6) is 0 Å². The Morgan fingerprint density at radius 2 is 2.00 bits per heavy atom. The average molecular weight is 304 g/mol. The molecule has 124 valence electrons. The Hall–Kier alpha value is -0.340. The van der Waals surface area contributed by atoms with Crippen molar-refractivity contribution < 1.29 is 9.84 Å². The van der Waals surface area contributed by atoms with Gasteiger partial charge in [0.1, 0.15) is 0 Å². The summed E-state index contributed by atoms with van der Waals surface area (Å²) in [5.74, 6) is 1.33. The van der Waals surface area contributed by atoms with Crippen LogP contribution in [-0.4, -0.2) is 24.4 Å². The van der Waals surface area contributed by atoms with Crippen molar-refractivity contribution in [3.8, 4) is 0 Å². The van der Waals surface area contributed by atoms with Crippen LogP contribution < -0.4 is 0 Å². The van der Waals surface area contributed by atoms with Gasteiger partial charge >= 0.3 is 0 Å². The van der Waals surface area contributed by atoms with Crippen LogP contribution in [0.25, 0.3) is 0 Å². The molecule has 2 nitrogen and oxygen atoms in total. The summed E-state index contributed by atoms with van der Waals surface area (Å²) in [7, 11) is 0. The molecule has 3 aliphatic carbocycles. The van der Waals surface area contributed by atoms with Crippen molar-refractivity contribution in [1.82, 2.24) is 0 Å². The zero-order valence-corrected chi connectivity index (χ0v) is 14.5. The van der Waals surface area contributed by atoms with Gasteiger partial charge in [-0.15, -0.1) is 0 Å². The SMILES string of the molecule is C[C@@]12CCO[C@@H]1C1=CC[C@H]3[C@](C)(CO)CCC[C@]3(C)[C@H]1CC2. The van der Waals surface area contributed by atoms with Crippen LogP contribution >= 0.6 is 0 Å². The van der Waals surface area contributed by atoms with E-state index in [1.165, 1.54) is 38.5 Å². The molecule has 4 aliphatic rings. The second kappa shape index (κ2) is 4.83. The first-order valence-electron chi connectivity index (χ1n) is 9.35. The fourth-order valence-corrected chi connectivity index (χ4v) is 6.71. The van der Waals surface area contributed by atoms with E-state index in [-0.39, 0.29) is 5.41 Å². The van der Waals surface area contributed by atoms with Crippen molar-refractivity contribution in [2.24, 2.45) is 28.1 Å². The molecule has 1 heterocycles. The zero-order chi connectivity index (χ0) is 15.6.